The zero-order chi connectivity index (χ0) is 7.78. The average Bonchev–Trinajstić information content (AvgIpc) is 2.68. The van der Waals surface area contributed by atoms with Gasteiger partial charge in [0.25, 0.3) is 5.92 Å². The Bertz CT molecular complexity index is 123. The summed E-state index contributed by atoms with van der Waals surface area (Å²) in [7, 11) is 0. The van der Waals surface area contributed by atoms with Crippen LogP contribution in [0.3, 0.4) is 0 Å². The number of rotatable bonds is 3. The standard InChI is InChI=1S/C6H10F2O2/c7-6(8,3-9)5(10)4-1-2-4/h4-5,9-10H,1-3H2. The molecule has 1 unspecified atom stereocenters. The molecule has 1 rings (SSSR count). The lowest BCUT2D eigenvalue weighted by Crippen LogP contribution is -2.38. The Morgan fingerprint density at radius 1 is 1.50 bits per heavy atom. The summed E-state index contributed by atoms with van der Waals surface area (Å²) in [5.74, 6) is -3.59. The SMILES string of the molecule is OCC(F)(F)C(O)C1CC1. The van der Waals surface area contributed by atoms with E-state index in [1.165, 1.54) is 0 Å². The van der Waals surface area contributed by atoms with Crippen molar-refractivity contribution in [1.29, 1.82) is 0 Å². The van der Waals surface area contributed by atoms with Crippen molar-refractivity contribution in [2.45, 2.75) is 24.9 Å². The van der Waals surface area contributed by atoms with Crippen molar-refractivity contribution in [2.24, 2.45) is 5.92 Å². The lowest BCUT2D eigenvalue weighted by Gasteiger charge is -2.19. The van der Waals surface area contributed by atoms with Gasteiger partial charge in [-0.1, -0.05) is 0 Å². The first-order valence-electron chi connectivity index (χ1n) is 3.24. The third-order valence-electron chi connectivity index (χ3n) is 1.71. The molecule has 1 aliphatic rings. The molecule has 1 aliphatic carbocycles. The molecule has 0 heterocycles. The quantitative estimate of drug-likeness (QED) is 0.614. The molecule has 0 spiro atoms. The third-order valence-corrected chi connectivity index (χ3v) is 1.71. The second kappa shape index (κ2) is 2.43. The smallest absolute Gasteiger partial charge is 0.296 e. The maximum Gasteiger partial charge on any atom is 0.296 e. The van der Waals surface area contributed by atoms with Gasteiger partial charge >= 0.3 is 0 Å². The highest BCUT2D eigenvalue weighted by Gasteiger charge is 2.46. The Balaban J connectivity index is 2.43. The Morgan fingerprint density at radius 3 is 2.30 bits per heavy atom. The maximum atomic E-state index is 12.3. The molecule has 0 aromatic rings. The summed E-state index contributed by atoms with van der Waals surface area (Å²) < 4.78 is 24.7. The zero-order valence-corrected chi connectivity index (χ0v) is 5.43. The molecule has 0 bridgehead atoms. The third kappa shape index (κ3) is 1.44. The fraction of sp³-hybridized carbons (Fsp3) is 1.00. The van der Waals surface area contributed by atoms with Gasteiger partial charge in [-0.05, 0) is 18.8 Å². The van der Waals surface area contributed by atoms with Crippen molar-refractivity contribution >= 4 is 0 Å². The van der Waals surface area contributed by atoms with E-state index < -0.39 is 18.6 Å². The van der Waals surface area contributed by atoms with Gasteiger partial charge < -0.3 is 10.2 Å². The minimum Gasteiger partial charge on any atom is -0.390 e. The van der Waals surface area contributed by atoms with Crippen LogP contribution in [0.1, 0.15) is 12.8 Å². The second-order valence-electron chi connectivity index (χ2n) is 2.70. The summed E-state index contributed by atoms with van der Waals surface area (Å²) in [6.45, 7) is -1.26. The molecule has 0 radical (unpaired) electrons. The molecule has 0 amide bonds. The molecule has 2 N–H and O–H groups in total. The molecule has 0 saturated heterocycles. The van der Waals surface area contributed by atoms with Crippen molar-refractivity contribution in [3.63, 3.8) is 0 Å². The van der Waals surface area contributed by atoms with Gasteiger partial charge in [0.15, 0.2) is 0 Å². The molecule has 0 aliphatic heterocycles. The van der Waals surface area contributed by atoms with Crippen LogP contribution in [0.5, 0.6) is 0 Å². The number of hydrogen-bond donors (Lipinski definition) is 2. The van der Waals surface area contributed by atoms with Crippen molar-refractivity contribution in [3.05, 3.63) is 0 Å². The van der Waals surface area contributed by atoms with E-state index in [9.17, 15) is 8.78 Å². The normalized spacial score (nSPS) is 22.8. The van der Waals surface area contributed by atoms with E-state index in [1.54, 1.807) is 0 Å². The first-order chi connectivity index (χ1) is 4.58. The molecule has 60 valence electrons. The molecule has 1 atom stereocenters. The highest BCUT2D eigenvalue weighted by molar-refractivity contribution is 4.89. The summed E-state index contributed by atoms with van der Waals surface area (Å²) in [5.41, 5.74) is 0. The number of hydrogen-bond acceptors (Lipinski definition) is 2. The van der Waals surface area contributed by atoms with Crippen molar-refractivity contribution < 1.29 is 19.0 Å². The van der Waals surface area contributed by atoms with E-state index in [0.717, 1.165) is 0 Å². The van der Waals surface area contributed by atoms with Crippen LogP contribution in [-0.2, 0) is 0 Å². The van der Waals surface area contributed by atoms with Gasteiger partial charge in [0.2, 0.25) is 0 Å². The van der Waals surface area contributed by atoms with E-state index in [0.29, 0.717) is 12.8 Å². The van der Waals surface area contributed by atoms with Gasteiger partial charge in [0, 0.05) is 0 Å². The van der Waals surface area contributed by atoms with Crippen LogP contribution in [0.4, 0.5) is 8.78 Å². The molecular formula is C6H10F2O2. The predicted molar refractivity (Wildman–Crippen MR) is 30.8 cm³/mol. The summed E-state index contributed by atoms with van der Waals surface area (Å²) in [6.07, 6.45) is -0.342. The average molecular weight is 152 g/mol. The monoisotopic (exact) mass is 152 g/mol. The lowest BCUT2D eigenvalue weighted by atomic mass is 10.1. The van der Waals surface area contributed by atoms with Gasteiger partial charge in [-0.2, -0.15) is 0 Å². The number of alkyl halides is 2. The predicted octanol–water partition coefficient (Wildman–Crippen LogP) is 0.385. The molecule has 0 aromatic carbocycles. The fourth-order valence-electron chi connectivity index (χ4n) is 0.850. The Hall–Kier alpha value is -0.220. The number of aliphatic hydroxyl groups excluding tert-OH is 2. The summed E-state index contributed by atoms with van der Waals surface area (Å²) in [5, 5.41) is 16.9. The van der Waals surface area contributed by atoms with Gasteiger partial charge in [0.1, 0.15) is 12.7 Å². The van der Waals surface area contributed by atoms with Gasteiger partial charge in [-0.15, -0.1) is 0 Å². The second-order valence-corrected chi connectivity index (χ2v) is 2.70. The molecule has 1 fully saturated rings. The van der Waals surface area contributed by atoms with Crippen LogP contribution in [0.2, 0.25) is 0 Å². The van der Waals surface area contributed by atoms with Crippen molar-refractivity contribution in [1.82, 2.24) is 0 Å². The van der Waals surface area contributed by atoms with E-state index >= 15 is 0 Å². The van der Waals surface area contributed by atoms with E-state index in [2.05, 4.69) is 0 Å². The molecule has 1 saturated carbocycles. The topological polar surface area (TPSA) is 40.5 Å². The largest absolute Gasteiger partial charge is 0.390 e. The first kappa shape index (κ1) is 7.88. The summed E-state index contributed by atoms with van der Waals surface area (Å²) in [6, 6.07) is 0. The molecule has 0 aromatic heterocycles. The van der Waals surface area contributed by atoms with Crippen LogP contribution in [0, 0.1) is 5.92 Å². The van der Waals surface area contributed by atoms with Crippen LogP contribution in [0.25, 0.3) is 0 Å². The van der Waals surface area contributed by atoms with Crippen LogP contribution >= 0.6 is 0 Å². The first-order valence-corrected chi connectivity index (χ1v) is 3.24. The lowest BCUT2D eigenvalue weighted by molar-refractivity contribution is -0.143. The number of aliphatic hydroxyl groups is 2. The minimum atomic E-state index is -3.30. The van der Waals surface area contributed by atoms with Crippen LogP contribution in [0.15, 0.2) is 0 Å². The fourth-order valence-corrected chi connectivity index (χ4v) is 0.850. The molecule has 2 nitrogen and oxygen atoms in total. The van der Waals surface area contributed by atoms with Gasteiger partial charge in [-0.25, -0.2) is 8.78 Å². The van der Waals surface area contributed by atoms with Crippen LogP contribution in [-0.4, -0.2) is 28.8 Å². The molecule has 4 heteroatoms. The Morgan fingerprint density at radius 2 is 2.00 bits per heavy atom. The number of halogens is 2. The molecular weight excluding hydrogens is 142 g/mol. The highest BCUT2D eigenvalue weighted by atomic mass is 19.3. The van der Waals surface area contributed by atoms with E-state index in [-0.39, 0.29) is 5.92 Å². The Labute approximate surface area is 57.5 Å². The zero-order valence-electron chi connectivity index (χ0n) is 5.43. The van der Waals surface area contributed by atoms with E-state index in [4.69, 9.17) is 10.2 Å². The maximum absolute atomic E-state index is 12.3. The molecule has 10 heavy (non-hydrogen) atoms. The minimum absolute atomic E-state index is 0.290. The Kier molecular flexibility index (Phi) is 1.92. The van der Waals surface area contributed by atoms with Gasteiger partial charge in [0.05, 0.1) is 0 Å². The van der Waals surface area contributed by atoms with Gasteiger partial charge in [-0.3, -0.25) is 0 Å². The summed E-state index contributed by atoms with van der Waals surface area (Å²) in [4.78, 5) is 0. The van der Waals surface area contributed by atoms with Crippen LogP contribution < -0.4 is 0 Å². The van der Waals surface area contributed by atoms with Crippen molar-refractivity contribution in [2.75, 3.05) is 6.61 Å². The van der Waals surface area contributed by atoms with Crippen molar-refractivity contribution in [3.8, 4) is 0 Å². The summed E-state index contributed by atoms with van der Waals surface area (Å²) >= 11 is 0. The highest BCUT2D eigenvalue weighted by Crippen LogP contribution is 2.38. The van der Waals surface area contributed by atoms with E-state index in [1.807, 2.05) is 0 Å².